The largest absolute Gasteiger partial charge is 0.468 e. The Hall–Kier alpha value is -2.00. The fourth-order valence-corrected chi connectivity index (χ4v) is 7.97. The third-order valence-corrected chi connectivity index (χ3v) is 12.3. The Morgan fingerprint density at radius 2 is 1.08 bits per heavy atom. The van der Waals surface area contributed by atoms with E-state index in [0.717, 1.165) is 76.4 Å². The normalized spacial score (nSPS) is 14.9. The second-order valence-corrected chi connectivity index (χ2v) is 18.9. The van der Waals surface area contributed by atoms with Crippen LogP contribution in [0.5, 0.6) is 0 Å². The van der Waals surface area contributed by atoms with Gasteiger partial charge in [-0.25, -0.2) is 0 Å². The van der Waals surface area contributed by atoms with Gasteiger partial charge in [-0.2, -0.15) is 0 Å². The standard InChI is InChI=1S/C25H50N2O2.C24H46O4.C4H6O/c1-4-5-6-7-8-9-10-11-15-22-29-25(28)16-13-12-14-19-27-21-18-24(23-27)17-20-26(2)3;1-3-5-7-9-11-14-18-23(19-15-12-10-8-6-4-2)28-24(26)20-16-13-17-21-27-22-25;5-3-4-1-2-4/h24H,4-23H2,1-3H3;22-23H,3-21H2,1-2H3;3-4H,1-2H2. The monoisotopic (exact) mass is 879 g/mol. The van der Waals surface area contributed by atoms with E-state index in [2.05, 4.69) is 49.4 Å². The highest BCUT2D eigenvalue weighted by Gasteiger charge is 2.22. The smallest absolute Gasteiger partial charge is 0.306 e. The molecule has 1 saturated carbocycles. The lowest BCUT2D eigenvalue weighted by Gasteiger charge is -2.18. The molecule has 0 aromatic rings. The average Bonchev–Trinajstić information content (AvgIpc) is 4.01. The van der Waals surface area contributed by atoms with Crippen molar-refractivity contribution in [2.75, 3.05) is 53.5 Å². The highest BCUT2D eigenvalue weighted by molar-refractivity contribution is 5.69. The van der Waals surface area contributed by atoms with Gasteiger partial charge < -0.3 is 28.8 Å². The van der Waals surface area contributed by atoms with Gasteiger partial charge in [-0.1, -0.05) is 143 Å². The fraction of sp³-hybridized carbons (Fsp3) is 0.925. The van der Waals surface area contributed by atoms with E-state index >= 15 is 0 Å². The molecule has 2 fully saturated rings. The van der Waals surface area contributed by atoms with Crippen molar-refractivity contribution in [3.8, 4) is 0 Å². The lowest BCUT2D eigenvalue weighted by atomic mass is 10.0. The molecule has 0 N–H and O–H groups in total. The summed E-state index contributed by atoms with van der Waals surface area (Å²) in [6.45, 7) is 13.2. The van der Waals surface area contributed by atoms with E-state index < -0.39 is 0 Å². The van der Waals surface area contributed by atoms with Gasteiger partial charge in [0.05, 0.1) is 13.2 Å². The molecule has 62 heavy (non-hydrogen) atoms. The van der Waals surface area contributed by atoms with Crippen LogP contribution in [-0.2, 0) is 33.4 Å². The number of aldehydes is 1. The molecule has 1 aliphatic heterocycles. The second-order valence-electron chi connectivity index (χ2n) is 18.9. The quantitative estimate of drug-likeness (QED) is 0.0257. The lowest BCUT2D eigenvalue weighted by molar-refractivity contribution is -0.150. The summed E-state index contributed by atoms with van der Waals surface area (Å²) in [5.41, 5.74) is 0. The van der Waals surface area contributed by atoms with Gasteiger partial charge in [-0.3, -0.25) is 14.4 Å². The number of unbranched alkanes of at least 4 members (excludes halogenated alkanes) is 22. The Bertz CT molecular complexity index is 975. The highest BCUT2D eigenvalue weighted by Crippen LogP contribution is 2.25. The molecule has 0 bridgehead atoms. The molecule has 0 aromatic heterocycles. The van der Waals surface area contributed by atoms with Gasteiger partial charge in [0.1, 0.15) is 12.4 Å². The molecule has 9 nitrogen and oxygen atoms in total. The Morgan fingerprint density at radius 1 is 0.597 bits per heavy atom. The van der Waals surface area contributed by atoms with Gasteiger partial charge in [0.25, 0.3) is 6.47 Å². The summed E-state index contributed by atoms with van der Waals surface area (Å²) in [5.74, 6) is 1.29. The SMILES string of the molecule is CCCCCCCCC(CCCCCCCC)OC(=O)CCCCCOC=O.CCCCCCCCCCCOC(=O)CCCCCN1CCC(CCN(C)C)C1.O=CC1CC1. The molecule has 1 unspecified atom stereocenters. The van der Waals surface area contributed by atoms with Gasteiger partial charge in [0.15, 0.2) is 0 Å². The zero-order chi connectivity index (χ0) is 45.6. The summed E-state index contributed by atoms with van der Waals surface area (Å²) in [5, 5.41) is 0. The van der Waals surface area contributed by atoms with Crippen LogP contribution >= 0.6 is 0 Å². The first kappa shape index (κ1) is 60.0. The van der Waals surface area contributed by atoms with Crippen molar-refractivity contribution in [1.82, 2.24) is 9.80 Å². The summed E-state index contributed by atoms with van der Waals surface area (Å²) < 4.78 is 15.9. The average molecular weight is 879 g/mol. The summed E-state index contributed by atoms with van der Waals surface area (Å²) in [4.78, 5) is 48.6. The van der Waals surface area contributed by atoms with E-state index in [0.29, 0.717) is 38.4 Å². The second kappa shape index (κ2) is 47.0. The maximum atomic E-state index is 12.2. The van der Waals surface area contributed by atoms with Crippen LogP contribution in [0.4, 0.5) is 0 Å². The number of carbonyl (C=O) groups is 4. The topological polar surface area (TPSA) is 102 Å². The Kier molecular flexibility index (Phi) is 45.5. The van der Waals surface area contributed by atoms with Gasteiger partial charge in [0.2, 0.25) is 0 Å². The number of nitrogens with zero attached hydrogens (tertiary/aromatic N) is 2. The number of likely N-dealkylation sites (tertiary alicyclic amines) is 1. The molecule has 0 radical (unpaired) electrons. The Labute approximate surface area is 383 Å². The molecule has 2 rings (SSSR count). The third-order valence-electron chi connectivity index (χ3n) is 12.3. The van der Waals surface area contributed by atoms with Crippen LogP contribution in [0.3, 0.4) is 0 Å². The molecule has 1 atom stereocenters. The number of ether oxygens (including phenoxy) is 3. The van der Waals surface area contributed by atoms with E-state index in [4.69, 9.17) is 9.47 Å². The van der Waals surface area contributed by atoms with Gasteiger partial charge in [-0.15, -0.1) is 0 Å². The zero-order valence-corrected chi connectivity index (χ0v) is 41.6. The fourth-order valence-electron chi connectivity index (χ4n) is 7.97. The van der Waals surface area contributed by atoms with E-state index in [1.807, 2.05) is 0 Å². The van der Waals surface area contributed by atoms with Gasteiger partial charge in [0, 0.05) is 25.3 Å². The van der Waals surface area contributed by atoms with Crippen LogP contribution in [-0.4, -0.2) is 94.1 Å². The molecule has 9 heteroatoms. The number of hydrogen-bond donors (Lipinski definition) is 0. The van der Waals surface area contributed by atoms with Gasteiger partial charge in [-0.05, 0) is 130 Å². The van der Waals surface area contributed by atoms with Crippen molar-refractivity contribution >= 4 is 24.7 Å². The Balaban J connectivity index is 0.00000107. The van der Waals surface area contributed by atoms with Crippen LogP contribution < -0.4 is 0 Å². The van der Waals surface area contributed by atoms with Crippen molar-refractivity contribution < 1.29 is 33.4 Å². The maximum Gasteiger partial charge on any atom is 0.306 e. The van der Waals surface area contributed by atoms with E-state index in [9.17, 15) is 19.2 Å². The molecule has 1 saturated heterocycles. The molecule has 1 heterocycles. The minimum Gasteiger partial charge on any atom is -0.468 e. The van der Waals surface area contributed by atoms with Crippen molar-refractivity contribution in [3.05, 3.63) is 0 Å². The van der Waals surface area contributed by atoms with Crippen LogP contribution in [0, 0.1) is 11.8 Å². The Morgan fingerprint density at radius 3 is 1.58 bits per heavy atom. The first-order valence-electron chi connectivity index (χ1n) is 26.5. The summed E-state index contributed by atoms with van der Waals surface area (Å²) >= 11 is 0. The first-order valence-corrected chi connectivity index (χ1v) is 26.5. The number of hydrogen-bond acceptors (Lipinski definition) is 9. The van der Waals surface area contributed by atoms with Crippen molar-refractivity contribution in [2.24, 2.45) is 11.8 Å². The van der Waals surface area contributed by atoms with Crippen molar-refractivity contribution in [2.45, 2.75) is 252 Å². The molecule has 2 aliphatic rings. The summed E-state index contributed by atoms with van der Waals surface area (Å²) in [7, 11) is 4.32. The first-order chi connectivity index (χ1) is 30.3. The predicted molar refractivity (Wildman–Crippen MR) is 260 cm³/mol. The molecule has 0 aromatic carbocycles. The third kappa shape index (κ3) is 44.6. The molecule has 366 valence electrons. The number of esters is 2. The van der Waals surface area contributed by atoms with Gasteiger partial charge >= 0.3 is 11.9 Å². The van der Waals surface area contributed by atoms with E-state index in [1.54, 1.807) is 0 Å². The summed E-state index contributed by atoms with van der Waals surface area (Å²) in [6, 6.07) is 0. The highest BCUT2D eigenvalue weighted by atomic mass is 16.5. The van der Waals surface area contributed by atoms with Crippen LogP contribution in [0.1, 0.15) is 245 Å². The van der Waals surface area contributed by atoms with Crippen LogP contribution in [0.2, 0.25) is 0 Å². The molecule has 1 aliphatic carbocycles. The lowest BCUT2D eigenvalue weighted by Crippen LogP contribution is -2.23. The van der Waals surface area contributed by atoms with E-state index in [-0.39, 0.29) is 18.0 Å². The number of carbonyl (C=O) groups excluding carboxylic acids is 4. The van der Waals surface area contributed by atoms with Crippen molar-refractivity contribution in [1.29, 1.82) is 0 Å². The zero-order valence-electron chi connectivity index (χ0n) is 41.6. The molecule has 0 spiro atoms. The van der Waals surface area contributed by atoms with E-state index in [1.165, 1.54) is 174 Å². The maximum absolute atomic E-state index is 12.2. The summed E-state index contributed by atoms with van der Waals surface area (Å²) in [6.07, 6.45) is 42.1. The van der Waals surface area contributed by atoms with Crippen molar-refractivity contribution in [3.63, 3.8) is 0 Å². The molecule has 0 amide bonds. The predicted octanol–water partition coefficient (Wildman–Crippen LogP) is 13.6. The van der Waals surface area contributed by atoms with Crippen LogP contribution in [0.15, 0.2) is 0 Å². The molecular weight excluding hydrogens is 777 g/mol. The number of rotatable bonds is 42. The minimum atomic E-state index is -0.0572. The minimum absolute atomic E-state index is 0.00878. The van der Waals surface area contributed by atoms with Crippen LogP contribution in [0.25, 0.3) is 0 Å². The molecular formula is C53H102N2O7.